The number of nitrogens with two attached hydrogens (primary N) is 1. The fourth-order valence-corrected chi connectivity index (χ4v) is 4.41. The third kappa shape index (κ3) is 5.19. The fourth-order valence-electron chi connectivity index (χ4n) is 3.80. The fraction of sp³-hybridized carbons (Fsp3) is 0.647. The number of aromatic nitrogens is 2. The summed E-state index contributed by atoms with van der Waals surface area (Å²) in [5.41, 5.74) is 4.93. The van der Waals surface area contributed by atoms with Crippen LogP contribution in [0.5, 0.6) is 0 Å². The van der Waals surface area contributed by atoms with Crippen molar-refractivity contribution in [1.29, 1.82) is 0 Å². The monoisotopic (exact) mass is 423 g/mol. The summed E-state index contributed by atoms with van der Waals surface area (Å²) in [7, 11) is 0. The van der Waals surface area contributed by atoms with Crippen LogP contribution in [0.25, 0.3) is 0 Å². The number of rotatable bonds is 7. The molecule has 1 aromatic heterocycles. The lowest BCUT2D eigenvalue weighted by Gasteiger charge is -2.43. The molecule has 3 rings (SSSR count). The van der Waals surface area contributed by atoms with Crippen molar-refractivity contribution in [3.05, 3.63) is 5.01 Å². The predicted octanol–water partition coefficient (Wildman–Crippen LogP) is -0.604. The number of carbonyl (C=O) groups excluding carboxylic acids is 4. The van der Waals surface area contributed by atoms with Crippen molar-refractivity contribution in [3.63, 3.8) is 0 Å². The van der Waals surface area contributed by atoms with Crippen LogP contribution in [0.1, 0.15) is 37.6 Å². The van der Waals surface area contributed by atoms with Gasteiger partial charge in [0.05, 0.1) is 12.0 Å². The Labute approximate surface area is 171 Å². The third-order valence-corrected chi connectivity index (χ3v) is 6.19. The van der Waals surface area contributed by atoms with E-state index < -0.39 is 17.5 Å². The van der Waals surface area contributed by atoms with Crippen molar-refractivity contribution in [2.75, 3.05) is 25.4 Å². The predicted molar refractivity (Wildman–Crippen MR) is 105 cm³/mol. The van der Waals surface area contributed by atoms with E-state index in [2.05, 4.69) is 26.1 Å². The zero-order valence-corrected chi connectivity index (χ0v) is 17.0. The molecule has 11 nitrogen and oxygen atoms in total. The molecule has 1 aromatic rings. The van der Waals surface area contributed by atoms with Crippen LogP contribution < -0.4 is 21.7 Å². The lowest BCUT2D eigenvalue weighted by molar-refractivity contribution is -0.126. The highest BCUT2D eigenvalue weighted by atomic mass is 32.1. The first kappa shape index (κ1) is 21.0. The second kappa shape index (κ2) is 8.72. The maximum atomic E-state index is 12.6. The first-order chi connectivity index (χ1) is 13.8. The molecule has 1 aliphatic carbocycles. The van der Waals surface area contributed by atoms with Gasteiger partial charge in [0.25, 0.3) is 0 Å². The van der Waals surface area contributed by atoms with Gasteiger partial charge in [-0.1, -0.05) is 31.1 Å². The van der Waals surface area contributed by atoms with E-state index in [4.69, 9.17) is 5.73 Å². The van der Waals surface area contributed by atoms with E-state index in [9.17, 15) is 19.2 Å². The first-order valence-electron chi connectivity index (χ1n) is 9.52. The van der Waals surface area contributed by atoms with Crippen LogP contribution in [0.2, 0.25) is 0 Å². The summed E-state index contributed by atoms with van der Waals surface area (Å²) in [5.74, 6) is -0.855. The number of nitrogens with zero attached hydrogens (tertiary/aromatic N) is 3. The van der Waals surface area contributed by atoms with Gasteiger partial charge in [-0.15, -0.1) is 10.2 Å². The molecule has 29 heavy (non-hydrogen) atoms. The third-order valence-electron chi connectivity index (χ3n) is 5.44. The van der Waals surface area contributed by atoms with E-state index in [1.165, 1.54) is 0 Å². The molecule has 5 N–H and O–H groups in total. The number of urea groups is 1. The Morgan fingerprint density at radius 2 is 2.10 bits per heavy atom. The zero-order valence-electron chi connectivity index (χ0n) is 16.2. The number of carbonyl (C=O) groups is 4. The van der Waals surface area contributed by atoms with Crippen molar-refractivity contribution in [1.82, 2.24) is 31.0 Å². The molecule has 2 fully saturated rings. The van der Waals surface area contributed by atoms with Gasteiger partial charge in [0, 0.05) is 6.54 Å². The van der Waals surface area contributed by atoms with E-state index in [-0.39, 0.29) is 43.8 Å². The molecule has 2 unspecified atom stereocenters. The molecule has 1 saturated carbocycles. The number of anilines is 1. The van der Waals surface area contributed by atoms with Gasteiger partial charge in [-0.3, -0.25) is 19.7 Å². The van der Waals surface area contributed by atoms with Crippen LogP contribution in [-0.4, -0.2) is 64.0 Å². The molecule has 12 heteroatoms. The standard InChI is InChI=1S/C17H25N7O4S/c1-10-4-2-3-5-17(10,9-19-11(25)6-14-22-23-15(18)29-14)21-13(27)8-24-7-12(26)20-16(24)28/h10H,2-9H2,1H3,(H2,18,23)(H,19,25)(H,21,27)(H,20,26,28). The van der Waals surface area contributed by atoms with Crippen LogP contribution in [0, 0.1) is 5.92 Å². The second-order valence-electron chi connectivity index (χ2n) is 7.55. The Bertz CT molecular complexity index is 813. The van der Waals surface area contributed by atoms with Crippen molar-refractivity contribution in [3.8, 4) is 0 Å². The lowest BCUT2D eigenvalue weighted by atomic mass is 9.73. The van der Waals surface area contributed by atoms with Gasteiger partial charge < -0.3 is 21.3 Å². The molecule has 1 aliphatic heterocycles. The number of nitrogens with one attached hydrogen (secondary N) is 3. The minimum Gasteiger partial charge on any atom is -0.374 e. The topological polar surface area (TPSA) is 159 Å². The van der Waals surface area contributed by atoms with Crippen LogP contribution in [-0.2, 0) is 20.8 Å². The van der Waals surface area contributed by atoms with E-state index in [1.807, 2.05) is 6.92 Å². The van der Waals surface area contributed by atoms with Gasteiger partial charge in [0.2, 0.25) is 22.9 Å². The van der Waals surface area contributed by atoms with Crippen molar-refractivity contribution in [2.45, 2.75) is 44.6 Å². The number of imide groups is 1. The highest BCUT2D eigenvalue weighted by molar-refractivity contribution is 7.15. The maximum absolute atomic E-state index is 12.6. The van der Waals surface area contributed by atoms with Crippen molar-refractivity contribution in [2.24, 2.45) is 5.92 Å². The molecular formula is C17H25N7O4S. The molecule has 2 heterocycles. The smallest absolute Gasteiger partial charge is 0.325 e. The minimum absolute atomic E-state index is 0.0728. The molecule has 0 bridgehead atoms. The average Bonchev–Trinajstić information content (AvgIpc) is 3.20. The van der Waals surface area contributed by atoms with Crippen molar-refractivity contribution >= 4 is 40.2 Å². The van der Waals surface area contributed by atoms with E-state index in [0.717, 1.165) is 41.9 Å². The Morgan fingerprint density at radius 3 is 2.72 bits per heavy atom. The van der Waals surface area contributed by atoms with Gasteiger partial charge in [-0.05, 0) is 18.8 Å². The molecule has 2 aliphatic rings. The van der Waals surface area contributed by atoms with Gasteiger partial charge in [0.15, 0.2) is 0 Å². The summed E-state index contributed by atoms with van der Waals surface area (Å²) in [4.78, 5) is 49.1. The Hall–Kier alpha value is -2.76. The van der Waals surface area contributed by atoms with Crippen LogP contribution in [0.3, 0.4) is 0 Å². The molecule has 5 amide bonds. The van der Waals surface area contributed by atoms with E-state index in [0.29, 0.717) is 10.1 Å². The van der Waals surface area contributed by atoms with Crippen LogP contribution in [0.15, 0.2) is 0 Å². The van der Waals surface area contributed by atoms with Gasteiger partial charge >= 0.3 is 6.03 Å². The molecule has 158 valence electrons. The highest BCUT2D eigenvalue weighted by Gasteiger charge is 2.40. The number of hydrogen-bond donors (Lipinski definition) is 4. The zero-order chi connectivity index (χ0) is 21.0. The van der Waals surface area contributed by atoms with Crippen molar-refractivity contribution < 1.29 is 19.2 Å². The van der Waals surface area contributed by atoms with Gasteiger partial charge in [-0.2, -0.15) is 0 Å². The quantitative estimate of drug-likeness (QED) is 0.426. The first-order valence-corrected chi connectivity index (χ1v) is 10.3. The molecule has 0 spiro atoms. The summed E-state index contributed by atoms with van der Waals surface area (Å²) in [6.07, 6.45) is 3.70. The largest absolute Gasteiger partial charge is 0.374 e. The SMILES string of the molecule is CC1CCCCC1(CNC(=O)Cc1nnc(N)s1)NC(=O)CN1CC(=O)NC1=O. The van der Waals surface area contributed by atoms with Crippen LogP contribution >= 0.6 is 11.3 Å². The lowest BCUT2D eigenvalue weighted by Crippen LogP contribution is -2.62. The summed E-state index contributed by atoms with van der Waals surface area (Å²) in [6, 6.07) is -0.569. The summed E-state index contributed by atoms with van der Waals surface area (Å²) >= 11 is 1.16. The molecule has 1 saturated heterocycles. The Balaban J connectivity index is 1.61. The highest BCUT2D eigenvalue weighted by Crippen LogP contribution is 2.33. The molecule has 0 aromatic carbocycles. The van der Waals surface area contributed by atoms with E-state index >= 15 is 0 Å². The van der Waals surface area contributed by atoms with Gasteiger partial charge in [0.1, 0.15) is 18.1 Å². The Morgan fingerprint density at radius 1 is 1.31 bits per heavy atom. The summed E-state index contributed by atoms with van der Waals surface area (Å²) < 4.78 is 0. The average molecular weight is 423 g/mol. The number of nitrogen functional groups attached to an aromatic ring is 1. The Kier molecular flexibility index (Phi) is 6.30. The summed E-state index contributed by atoms with van der Waals surface area (Å²) in [5, 5.41) is 16.5. The normalized spacial score (nSPS) is 24.3. The van der Waals surface area contributed by atoms with Gasteiger partial charge in [-0.25, -0.2) is 4.79 Å². The maximum Gasteiger partial charge on any atom is 0.325 e. The second-order valence-corrected chi connectivity index (χ2v) is 8.64. The molecular weight excluding hydrogens is 398 g/mol. The minimum atomic E-state index is -0.606. The summed E-state index contributed by atoms with van der Waals surface area (Å²) in [6.45, 7) is 1.99. The molecule has 2 atom stereocenters. The number of amides is 5. The molecule has 0 radical (unpaired) electrons. The van der Waals surface area contributed by atoms with E-state index in [1.54, 1.807) is 0 Å². The number of hydrogen-bond acceptors (Lipinski definition) is 8. The van der Waals surface area contributed by atoms with Crippen LogP contribution in [0.4, 0.5) is 9.93 Å².